The molecule has 0 radical (unpaired) electrons. The van der Waals surface area contributed by atoms with Gasteiger partial charge in [-0.3, -0.25) is 14.4 Å². The van der Waals surface area contributed by atoms with E-state index in [-0.39, 0.29) is 23.4 Å². The van der Waals surface area contributed by atoms with Gasteiger partial charge in [-0.15, -0.1) is 0 Å². The first-order valence-corrected chi connectivity index (χ1v) is 13.0. The van der Waals surface area contributed by atoms with Crippen molar-refractivity contribution in [1.82, 2.24) is 20.0 Å². The van der Waals surface area contributed by atoms with Crippen molar-refractivity contribution < 1.29 is 19.7 Å². The first-order chi connectivity index (χ1) is 18.4. The van der Waals surface area contributed by atoms with Gasteiger partial charge in [0.25, 0.3) is 5.91 Å². The van der Waals surface area contributed by atoms with Crippen molar-refractivity contribution in [2.24, 2.45) is 13.0 Å². The highest BCUT2D eigenvalue weighted by Gasteiger charge is 2.27. The fraction of sp³-hybridized carbons (Fsp3) is 0.333. The van der Waals surface area contributed by atoms with E-state index in [4.69, 9.17) is 4.74 Å². The Morgan fingerprint density at radius 2 is 1.68 bits per heavy atom. The number of hydrogen-bond acceptors (Lipinski definition) is 6. The molecule has 0 bridgehead atoms. The van der Waals surface area contributed by atoms with Crippen LogP contribution in [-0.4, -0.2) is 57.5 Å². The van der Waals surface area contributed by atoms with Crippen LogP contribution in [0.2, 0.25) is 0 Å². The minimum Gasteiger partial charge on any atom is -0.508 e. The maximum absolute atomic E-state index is 13.1. The van der Waals surface area contributed by atoms with Crippen LogP contribution in [-0.2, 0) is 13.5 Å². The van der Waals surface area contributed by atoms with E-state index < -0.39 is 0 Å². The van der Waals surface area contributed by atoms with E-state index in [1.165, 1.54) is 0 Å². The predicted molar refractivity (Wildman–Crippen MR) is 147 cm³/mol. The molecular formula is C30H34N4O4. The number of rotatable bonds is 8. The molecular weight excluding hydrogens is 480 g/mol. The van der Waals surface area contributed by atoms with Crippen LogP contribution in [0.5, 0.6) is 17.2 Å². The monoisotopic (exact) mass is 514 g/mol. The van der Waals surface area contributed by atoms with Crippen LogP contribution >= 0.6 is 0 Å². The Labute approximate surface area is 222 Å². The summed E-state index contributed by atoms with van der Waals surface area (Å²) in [5, 5.41) is 27.9. The van der Waals surface area contributed by atoms with Gasteiger partial charge in [0, 0.05) is 25.0 Å². The number of amides is 1. The normalized spacial score (nSPS) is 15.4. The number of benzene rings is 3. The quantitative estimate of drug-likeness (QED) is 0.322. The summed E-state index contributed by atoms with van der Waals surface area (Å²) in [5.74, 6) is 1.48. The topological polar surface area (TPSA) is 99.9 Å². The van der Waals surface area contributed by atoms with E-state index in [2.05, 4.69) is 15.3 Å². The van der Waals surface area contributed by atoms with Gasteiger partial charge in [0.15, 0.2) is 0 Å². The van der Waals surface area contributed by atoms with E-state index in [1.54, 1.807) is 43.1 Å². The third kappa shape index (κ3) is 5.60. The third-order valence-electron chi connectivity index (χ3n) is 7.54. The number of carbonyl (C=O) groups excluding carboxylic acids is 1. The highest BCUT2D eigenvalue weighted by atomic mass is 16.5. The number of piperidine rings is 1. The van der Waals surface area contributed by atoms with E-state index in [1.807, 2.05) is 42.5 Å². The van der Waals surface area contributed by atoms with Crippen LogP contribution in [0.1, 0.15) is 40.5 Å². The lowest BCUT2D eigenvalue weighted by Crippen LogP contribution is -2.41. The summed E-state index contributed by atoms with van der Waals surface area (Å²) in [6.07, 6.45) is 2.76. The minimum absolute atomic E-state index is 0.125. The molecule has 8 nitrogen and oxygen atoms in total. The lowest BCUT2D eigenvalue weighted by molar-refractivity contribution is 0.0915. The Bertz CT molecular complexity index is 1390. The molecule has 3 N–H and O–H groups in total. The van der Waals surface area contributed by atoms with Crippen molar-refractivity contribution in [3.8, 4) is 17.2 Å². The molecule has 1 unspecified atom stereocenters. The number of aryl methyl sites for hydroxylation is 1. The van der Waals surface area contributed by atoms with Crippen LogP contribution in [0.3, 0.4) is 0 Å². The number of nitrogens with zero attached hydrogens (tertiary/aromatic N) is 3. The summed E-state index contributed by atoms with van der Waals surface area (Å²) in [4.78, 5) is 15.6. The Morgan fingerprint density at radius 1 is 1.03 bits per heavy atom. The summed E-state index contributed by atoms with van der Waals surface area (Å²) in [5.41, 5.74) is 3.61. The molecule has 1 saturated heterocycles. The van der Waals surface area contributed by atoms with Crippen molar-refractivity contribution in [2.45, 2.75) is 25.3 Å². The standard InChI is InChI=1S/C30H34N4O4/c1-33-29(26-18-25(38-2)11-12-27(26)32-33)30(37)31-19-21-13-15-34(16-14-21)28(22-5-9-24(36)10-6-22)17-20-3-7-23(35)8-4-20/h3-12,18,21,28,35-36H,13-17,19H2,1-2H3,(H,31,37). The van der Waals surface area contributed by atoms with Crippen molar-refractivity contribution in [2.75, 3.05) is 26.7 Å². The van der Waals surface area contributed by atoms with Crippen molar-refractivity contribution in [3.05, 3.63) is 83.6 Å². The van der Waals surface area contributed by atoms with Gasteiger partial charge in [0.1, 0.15) is 22.9 Å². The van der Waals surface area contributed by atoms with Crippen LogP contribution in [0, 0.1) is 5.92 Å². The summed E-state index contributed by atoms with van der Waals surface area (Å²) >= 11 is 0. The second kappa shape index (κ2) is 11.1. The number of hydrogen-bond donors (Lipinski definition) is 3. The van der Waals surface area contributed by atoms with Gasteiger partial charge in [-0.1, -0.05) is 24.3 Å². The molecule has 1 aromatic heterocycles. The van der Waals surface area contributed by atoms with Gasteiger partial charge in [0.05, 0.1) is 12.6 Å². The van der Waals surface area contributed by atoms with E-state index in [0.717, 1.165) is 54.4 Å². The van der Waals surface area contributed by atoms with Gasteiger partial charge in [0.2, 0.25) is 0 Å². The lowest BCUT2D eigenvalue weighted by atomic mass is 9.91. The summed E-state index contributed by atoms with van der Waals surface area (Å²) in [6.45, 7) is 2.44. The predicted octanol–water partition coefficient (Wildman–Crippen LogP) is 4.42. The molecule has 198 valence electrons. The van der Waals surface area contributed by atoms with Crippen LogP contribution in [0.15, 0.2) is 66.7 Å². The fourth-order valence-corrected chi connectivity index (χ4v) is 5.37. The van der Waals surface area contributed by atoms with E-state index in [0.29, 0.717) is 23.9 Å². The van der Waals surface area contributed by atoms with Gasteiger partial charge in [-0.25, -0.2) is 0 Å². The van der Waals surface area contributed by atoms with Crippen molar-refractivity contribution >= 4 is 16.8 Å². The molecule has 4 aromatic rings. The average Bonchev–Trinajstić information content (AvgIpc) is 3.27. The van der Waals surface area contributed by atoms with Gasteiger partial charge < -0.3 is 20.3 Å². The molecule has 1 atom stereocenters. The molecule has 8 heteroatoms. The third-order valence-corrected chi connectivity index (χ3v) is 7.54. The number of phenolic OH excluding ortho intramolecular Hbond substituents is 2. The molecule has 1 aliphatic rings. The van der Waals surface area contributed by atoms with Crippen LogP contribution in [0.25, 0.3) is 10.9 Å². The van der Waals surface area contributed by atoms with E-state index >= 15 is 0 Å². The summed E-state index contributed by atoms with van der Waals surface area (Å²) < 4.78 is 6.97. The molecule has 0 saturated carbocycles. The van der Waals surface area contributed by atoms with Crippen molar-refractivity contribution in [3.63, 3.8) is 0 Å². The molecule has 1 fully saturated rings. The molecule has 1 amide bonds. The number of likely N-dealkylation sites (tertiary alicyclic amines) is 1. The fourth-order valence-electron chi connectivity index (χ4n) is 5.37. The number of fused-ring (bicyclic) bond motifs is 1. The Balaban J connectivity index is 1.23. The lowest BCUT2D eigenvalue weighted by Gasteiger charge is -2.38. The highest BCUT2D eigenvalue weighted by molar-refractivity contribution is 6.05. The average molecular weight is 515 g/mol. The first kappa shape index (κ1) is 25.6. The van der Waals surface area contributed by atoms with Crippen LogP contribution < -0.4 is 10.1 Å². The molecule has 3 aromatic carbocycles. The summed E-state index contributed by atoms with van der Waals surface area (Å²) in [6, 6.07) is 20.5. The number of methoxy groups -OCH3 is 1. The zero-order valence-corrected chi connectivity index (χ0v) is 21.8. The first-order valence-electron chi connectivity index (χ1n) is 13.0. The number of aromatic nitrogens is 2. The van der Waals surface area contributed by atoms with Crippen LogP contribution in [0.4, 0.5) is 0 Å². The number of ether oxygens (including phenoxy) is 1. The van der Waals surface area contributed by atoms with Gasteiger partial charge in [-0.2, -0.15) is 5.10 Å². The molecule has 2 heterocycles. The zero-order valence-electron chi connectivity index (χ0n) is 21.8. The maximum atomic E-state index is 13.1. The highest BCUT2D eigenvalue weighted by Crippen LogP contribution is 2.31. The largest absolute Gasteiger partial charge is 0.508 e. The van der Waals surface area contributed by atoms with E-state index in [9.17, 15) is 15.0 Å². The smallest absolute Gasteiger partial charge is 0.270 e. The molecule has 0 aliphatic carbocycles. The Hall–Kier alpha value is -4.04. The second-order valence-electron chi connectivity index (χ2n) is 10.0. The van der Waals surface area contributed by atoms with Gasteiger partial charge in [-0.05, 0) is 91.9 Å². The number of carbonyl (C=O) groups is 1. The second-order valence-corrected chi connectivity index (χ2v) is 10.0. The molecule has 0 spiro atoms. The Kier molecular flexibility index (Phi) is 7.51. The summed E-state index contributed by atoms with van der Waals surface area (Å²) in [7, 11) is 3.40. The SMILES string of the molecule is COc1ccc2nn(C)c(C(=O)NCC3CCN(C(Cc4ccc(O)cc4)c4ccc(O)cc4)CC3)c2c1. The number of phenols is 2. The molecule has 1 aliphatic heterocycles. The molecule has 5 rings (SSSR count). The zero-order chi connectivity index (χ0) is 26.6. The number of aromatic hydroxyl groups is 2. The van der Waals surface area contributed by atoms with Crippen molar-refractivity contribution in [1.29, 1.82) is 0 Å². The Morgan fingerprint density at radius 3 is 2.34 bits per heavy atom. The number of nitrogens with one attached hydrogen (secondary N) is 1. The minimum atomic E-state index is -0.125. The van der Waals surface area contributed by atoms with Gasteiger partial charge >= 0.3 is 0 Å². The molecule has 38 heavy (non-hydrogen) atoms. The maximum Gasteiger partial charge on any atom is 0.270 e.